The van der Waals surface area contributed by atoms with Gasteiger partial charge in [-0.05, 0) is 0 Å². The van der Waals surface area contributed by atoms with Crippen molar-refractivity contribution in [2.24, 2.45) is 0 Å². The zero-order chi connectivity index (χ0) is 4.50. The van der Waals surface area contributed by atoms with Crippen molar-refractivity contribution in [2.45, 2.75) is 0 Å². The van der Waals surface area contributed by atoms with Gasteiger partial charge in [0.2, 0.25) is 0 Å². The van der Waals surface area contributed by atoms with Crippen LogP contribution in [0.15, 0.2) is 0 Å². The maximum absolute atomic E-state index is 8.52. The fourth-order valence-corrected chi connectivity index (χ4v) is 0. The Morgan fingerprint density at radius 3 is 0.889 bits per heavy atom. The summed E-state index contributed by atoms with van der Waals surface area (Å²) >= 11 is 0. The van der Waals surface area contributed by atoms with Crippen LogP contribution in [-0.4, -0.2) is 34.0 Å². The van der Waals surface area contributed by atoms with Crippen molar-refractivity contribution in [3.63, 3.8) is 0 Å². The molecule has 9 heteroatoms. The molecule has 6 N–H and O–H groups in total. The average Bonchev–Trinajstić information content (AvgIpc) is 0.722. The van der Waals surface area contributed by atoms with Crippen molar-refractivity contribution < 1.29 is 51.3 Å². The minimum absolute atomic E-state index is 0. The molecule has 1 radical (unpaired) electrons. The number of hydrogen-bond acceptors (Lipinski definition) is 4. The van der Waals surface area contributed by atoms with Crippen LogP contribution in [0.3, 0.4) is 0 Å². The molecule has 0 heterocycles. The predicted octanol–water partition coefficient (Wildman–Crippen LogP) is -3.81. The van der Waals surface area contributed by atoms with Gasteiger partial charge in [-0.3, -0.25) is 8.42 Å². The molecule has 0 aliphatic carbocycles. The summed E-state index contributed by atoms with van der Waals surface area (Å²) in [5, 5.41) is 0. The van der Waals surface area contributed by atoms with Crippen molar-refractivity contribution in [2.75, 3.05) is 0 Å². The van der Waals surface area contributed by atoms with Gasteiger partial charge in [0.15, 0.2) is 0 Å². The van der Waals surface area contributed by atoms with Crippen molar-refractivity contribution >= 4 is 10.4 Å². The standard InChI is InChI=1S/Cr.H2O4S.3H2O/c;1-5(2,3)4;;;/h;(H2,1,2,3,4);3*1H2/q+3;;;;/p-2. The SMILES string of the molecule is O.O.O.O=S(=O)([O-])[O-].[Cr+3]. The quantitative estimate of drug-likeness (QED) is 0.289. The van der Waals surface area contributed by atoms with E-state index in [2.05, 4.69) is 0 Å². The molecule has 0 aromatic carbocycles. The van der Waals surface area contributed by atoms with Crippen molar-refractivity contribution in [1.29, 1.82) is 0 Å². The van der Waals surface area contributed by atoms with Crippen LogP contribution in [-0.2, 0) is 27.8 Å². The Bertz CT molecular complexity index is 92.1. The third-order valence-corrected chi connectivity index (χ3v) is 0. The molecule has 0 unspecified atom stereocenters. The Labute approximate surface area is 62.3 Å². The van der Waals surface area contributed by atoms with Gasteiger partial charge in [-0.2, -0.15) is 0 Å². The van der Waals surface area contributed by atoms with Crippen LogP contribution in [0.2, 0.25) is 0 Å². The van der Waals surface area contributed by atoms with E-state index in [1.807, 2.05) is 0 Å². The average molecular weight is 202 g/mol. The molecule has 0 aliphatic heterocycles. The molecule has 0 aromatic heterocycles. The molecular formula is H6CrO7S+. The molecular weight excluding hydrogens is 196 g/mol. The summed E-state index contributed by atoms with van der Waals surface area (Å²) in [5.41, 5.74) is 0. The van der Waals surface area contributed by atoms with E-state index < -0.39 is 10.4 Å². The second-order valence-corrected chi connectivity index (χ2v) is 1.22. The Balaban J connectivity index is -0.0000000133. The fraction of sp³-hybridized carbons (Fsp3) is 0. The molecule has 0 atom stereocenters. The monoisotopic (exact) mass is 202 g/mol. The van der Waals surface area contributed by atoms with E-state index >= 15 is 0 Å². The van der Waals surface area contributed by atoms with E-state index in [-0.39, 0.29) is 33.8 Å². The van der Waals surface area contributed by atoms with E-state index in [1.165, 1.54) is 0 Å². The maximum atomic E-state index is 8.52. The summed E-state index contributed by atoms with van der Waals surface area (Å²) in [4.78, 5) is 0. The molecule has 0 amide bonds. The van der Waals surface area contributed by atoms with Crippen LogP contribution >= 0.6 is 0 Å². The van der Waals surface area contributed by atoms with E-state index in [1.54, 1.807) is 0 Å². The van der Waals surface area contributed by atoms with Gasteiger partial charge in [-0.25, -0.2) is 0 Å². The minimum atomic E-state index is -5.17. The van der Waals surface area contributed by atoms with Gasteiger partial charge < -0.3 is 25.5 Å². The third kappa shape index (κ3) is 4100. The Hall–Kier alpha value is 0.282. The molecule has 59 valence electrons. The first-order valence-corrected chi connectivity index (χ1v) is 2.00. The van der Waals surface area contributed by atoms with Crippen molar-refractivity contribution in [3.05, 3.63) is 0 Å². The first-order valence-electron chi connectivity index (χ1n) is 0.667. The summed E-state index contributed by atoms with van der Waals surface area (Å²) in [6.45, 7) is 0. The van der Waals surface area contributed by atoms with Gasteiger partial charge >= 0.3 is 17.4 Å². The molecule has 0 spiro atoms. The number of rotatable bonds is 0. The summed E-state index contributed by atoms with van der Waals surface area (Å²) < 4.78 is 34.1. The van der Waals surface area contributed by atoms with Gasteiger partial charge in [-0.15, -0.1) is 0 Å². The Morgan fingerprint density at radius 2 is 0.889 bits per heavy atom. The van der Waals surface area contributed by atoms with E-state index in [4.69, 9.17) is 17.5 Å². The van der Waals surface area contributed by atoms with E-state index in [0.29, 0.717) is 0 Å². The van der Waals surface area contributed by atoms with Crippen LogP contribution in [0.5, 0.6) is 0 Å². The van der Waals surface area contributed by atoms with Crippen LogP contribution in [0.4, 0.5) is 0 Å². The smallest absolute Gasteiger partial charge is 0.759 e. The molecule has 0 fully saturated rings. The topological polar surface area (TPSA) is 175 Å². The van der Waals surface area contributed by atoms with Crippen LogP contribution < -0.4 is 0 Å². The van der Waals surface area contributed by atoms with Gasteiger partial charge in [0.1, 0.15) is 0 Å². The molecule has 0 saturated carbocycles. The fourth-order valence-electron chi connectivity index (χ4n) is 0. The Morgan fingerprint density at radius 1 is 0.889 bits per heavy atom. The first kappa shape index (κ1) is 34.7. The van der Waals surface area contributed by atoms with Crippen molar-refractivity contribution in [1.82, 2.24) is 0 Å². The first-order chi connectivity index (χ1) is 2.00. The molecule has 0 saturated heterocycles. The molecule has 9 heavy (non-hydrogen) atoms. The van der Waals surface area contributed by atoms with Crippen LogP contribution in [0.25, 0.3) is 0 Å². The molecule has 0 bridgehead atoms. The normalized spacial score (nSPS) is 6.44. The molecule has 0 rings (SSSR count). The number of hydrogen-bond donors (Lipinski definition) is 0. The second-order valence-electron chi connectivity index (χ2n) is 0.408. The molecule has 7 nitrogen and oxygen atoms in total. The van der Waals surface area contributed by atoms with Crippen LogP contribution in [0, 0.1) is 0 Å². The van der Waals surface area contributed by atoms with E-state index in [9.17, 15) is 0 Å². The largest absolute Gasteiger partial charge is 3.00 e. The van der Waals surface area contributed by atoms with Crippen molar-refractivity contribution in [3.8, 4) is 0 Å². The van der Waals surface area contributed by atoms with Gasteiger partial charge in [0.05, 0.1) is 0 Å². The maximum Gasteiger partial charge on any atom is 3.00 e. The summed E-state index contributed by atoms with van der Waals surface area (Å²) in [7, 11) is -5.17. The summed E-state index contributed by atoms with van der Waals surface area (Å²) in [5.74, 6) is 0. The zero-order valence-corrected chi connectivity index (χ0v) is 6.04. The predicted molar refractivity (Wildman–Crippen MR) is 21.3 cm³/mol. The van der Waals surface area contributed by atoms with Gasteiger partial charge in [-0.1, -0.05) is 0 Å². The molecule has 0 aliphatic rings. The summed E-state index contributed by atoms with van der Waals surface area (Å²) in [6.07, 6.45) is 0. The third-order valence-electron chi connectivity index (χ3n) is 0. The Kier molecular flexibility index (Phi) is 42.9. The van der Waals surface area contributed by atoms with E-state index in [0.717, 1.165) is 0 Å². The molecule has 0 aromatic rings. The zero-order valence-electron chi connectivity index (χ0n) is 3.95. The minimum Gasteiger partial charge on any atom is -0.759 e. The van der Waals surface area contributed by atoms with Crippen LogP contribution in [0.1, 0.15) is 0 Å². The second kappa shape index (κ2) is 11.1. The van der Waals surface area contributed by atoms with Gasteiger partial charge in [0, 0.05) is 10.4 Å². The summed E-state index contributed by atoms with van der Waals surface area (Å²) in [6, 6.07) is 0. The van der Waals surface area contributed by atoms with Gasteiger partial charge in [0.25, 0.3) is 0 Å².